The molecule has 3 N–H and O–H groups in total. The largest absolute Gasteiger partial charge is 0.369 e. The summed E-state index contributed by atoms with van der Waals surface area (Å²) in [7, 11) is 1.90. The number of aromatic nitrogens is 1. The van der Waals surface area contributed by atoms with Gasteiger partial charge in [0.05, 0.1) is 0 Å². The maximum absolute atomic E-state index is 11.5. The number of carbonyl (C=O) groups excluding carboxylic acids is 1. The van der Waals surface area contributed by atoms with E-state index in [4.69, 9.17) is 5.73 Å². The zero-order chi connectivity index (χ0) is 22.4. The number of likely N-dealkylation sites (tertiary alicyclic amines) is 1. The third-order valence-electron chi connectivity index (χ3n) is 7.84. The fourth-order valence-corrected chi connectivity index (χ4v) is 6.01. The van der Waals surface area contributed by atoms with Crippen LogP contribution < -0.4 is 16.0 Å². The Morgan fingerprint density at radius 1 is 1.15 bits per heavy atom. The van der Waals surface area contributed by atoms with Gasteiger partial charge in [0.1, 0.15) is 5.82 Å². The molecule has 33 heavy (non-hydrogen) atoms. The Kier molecular flexibility index (Phi) is 9.64. The first-order valence-electron chi connectivity index (χ1n) is 12.5. The molecule has 1 amide bonds. The van der Waals surface area contributed by atoms with Crippen molar-refractivity contribution in [1.82, 2.24) is 15.2 Å². The van der Waals surface area contributed by atoms with Crippen LogP contribution in [0.2, 0.25) is 0 Å². The van der Waals surface area contributed by atoms with Gasteiger partial charge in [-0.25, -0.2) is 4.98 Å². The molecule has 0 atom stereocenters. The number of carbonyl (C=O) groups is 1. The summed E-state index contributed by atoms with van der Waals surface area (Å²) in [5.41, 5.74) is 7.16. The van der Waals surface area contributed by atoms with Gasteiger partial charge in [0.25, 0.3) is 0 Å². The summed E-state index contributed by atoms with van der Waals surface area (Å²) in [6, 6.07) is 4.15. The Morgan fingerprint density at radius 2 is 1.85 bits per heavy atom. The quantitative estimate of drug-likeness (QED) is 0.327. The highest BCUT2D eigenvalue weighted by molar-refractivity contribution is 14.0. The molecule has 1 aromatic rings. The van der Waals surface area contributed by atoms with Gasteiger partial charge in [0, 0.05) is 57.4 Å². The van der Waals surface area contributed by atoms with Crippen molar-refractivity contribution in [2.24, 2.45) is 22.1 Å². The second kappa shape index (κ2) is 12.2. The first kappa shape index (κ1) is 26.0. The van der Waals surface area contributed by atoms with E-state index in [2.05, 4.69) is 31.2 Å². The minimum Gasteiger partial charge on any atom is -0.369 e. The van der Waals surface area contributed by atoms with E-state index in [-0.39, 0.29) is 35.8 Å². The molecule has 7 nitrogen and oxygen atoms in total. The summed E-state index contributed by atoms with van der Waals surface area (Å²) in [5, 5.41) is 3.63. The van der Waals surface area contributed by atoms with E-state index in [9.17, 15) is 4.79 Å². The van der Waals surface area contributed by atoms with Crippen molar-refractivity contribution < 1.29 is 4.79 Å². The van der Waals surface area contributed by atoms with Crippen molar-refractivity contribution in [1.29, 1.82) is 0 Å². The molecule has 0 bridgehead atoms. The van der Waals surface area contributed by atoms with Crippen LogP contribution in [-0.4, -0.2) is 55.0 Å². The average Bonchev–Trinajstić information content (AvgIpc) is 3.05. The number of hydrogen-bond acceptors (Lipinski definition) is 4. The molecular formula is C25H41IN6O. The van der Waals surface area contributed by atoms with Crippen LogP contribution in [0.3, 0.4) is 0 Å². The highest BCUT2D eigenvalue weighted by Crippen LogP contribution is 2.42. The van der Waals surface area contributed by atoms with Crippen molar-refractivity contribution in [3.8, 4) is 0 Å². The van der Waals surface area contributed by atoms with Crippen molar-refractivity contribution >= 4 is 41.7 Å². The number of guanidine groups is 1. The number of amides is 1. The van der Waals surface area contributed by atoms with Gasteiger partial charge in [-0.15, -0.1) is 24.0 Å². The Morgan fingerprint density at radius 3 is 2.52 bits per heavy atom. The Hall–Kier alpha value is -1.58. The zero-order valence-electron chi connectivity index (χ0n) is 20.1. The van der Waals surface area contributed by atoms with Crippen LogP contribution in [0.5, 0.6) is 0 Å². The van der Waals surface area contributed by atoms with Gasteiger partial charge < -0.3 is 20.9 Å². The first-order valence-corrected chi connectivity index (χ1v) is 12.5. The third kappa shape index (κ3) is 6.51. The smallest absolute Gasteiger partial charge is 0.220 e. The lowest BCUT2D eigenvalue weighted by Crippen LogP contribution is -2.50. The molecule has 0 aromatic carbocycles. The van der Waals surface area contributed by atoms with Gasteiger partial charge in [0.2, 0.25) is 5.91 Å². The van der Waals surface area contributed by atoms with Crippen LogP contribution >= 0.6 is 24.0 Å². The van der Waals surface area contributed by atoms with Crippen molar-refractivity contribution in [3.05, 3.63) is 23.9 Å². The van der Waals surface area contributed by atoms with Gasteiger partial charge in [-0.1, -0.05) is 31.7 Å². The molecule has 3 heterocycles. The number of piperidine rings is 2. The highest BCUT2D eigenvalue weighted by atomic mass is 127. The lowest BCUT2D eigenvalue weighted by molar-refractivity contribution is -0.122. The number of nitrogens with one attached hydrogen (secondary N) is 1. The summed E-state index contributed by atoms with van der Waals surface area (Å²) >= 11 is 0. The standard InChI is InChI=1S/C25H40N6O.HI/c1-27-24(31-15-7-13-25(19-31)11-4-2-3-5-12-25)29-18-21-8-6-14-28-23(21)30-16-9-20(10-17-30)22(26)32;/h6,8,14,20H,2-5,7,9-13,15-19H2,1H3,(H2,26,32)(H,27,29);1H. The molecule has 3 fully saturated rings. The van der Waals surface area contributed by atoms with Gasteiger partial charge >= 0.3 is 0 Å². The van der Waals surface area contributed by atoms with Crippen molar-refractivity contribution in [2.75, 3.05) is 38.1 Å². The van der Waals surface area contributed by atoms with E-state index < -0.39 is 0 Å². The number of primary amides is 1. The Balaban J connectivity index is 0.00000306. The number of nitrogens with zero attached hydrogens (tertiary/aromatic N) is 4. The van der Waals surface area contributed by atoms with Crippen molar-refractivity contribution in [2.45, 2.75) is 70.8 Å². The van der Waals surface area contributed by atoms with Gasteiger partial charge in [-0.2, -0.15) is 0 Å². The molecule has 1 aromatic heterocycles. The van der Waals surface area contributed by atoms with E-state index in [1.54, 1.807) is 0 Å². The number of rotatable bonds is 4. The molecule has 8 heteroatoms. The third-order valence-corrected chi connectivity index (χ3v) is 7.84. The molecule has 1 aliphatic carbocycles. The summed E-state index contributed by atoms with van der Waals surface area (Å²) in [4.78, 5) is 25.6. The topological polar surface area (TPSA) is 86.9 Å². The lowest BCUT2D eigenvalue weighted by Gasteiger charge is -2.44. The fourth-order valence-electron chi connectivity index (χ4n) is 6.01. The fraction of sp³-hybridized carbons (Fsp3) is 0.720. The van der Waals surface area contributed by atoms with Gasteiger partial charge in [-0.05, 0) is 50.0 Å². The molecule has 1 spiro atoms. The number of aliphatic imine (C=N–C) groups is 1. The lowest BCUT2D eigenvalue weighted by atomic mass is 9.74. The maximum Gasteiger partial charge on any atom is 0.220 e. The van der Waals surface area contributed by atoms with Crippen LogP contribution in [0, 0.1) is 11.3 Å². The highest BCUT2D eigenvalue weighted by Gasteiger charge is 2.36. The molecule has 2 aliphatic heterocycles. The van der Waals surface area contributed by atoms with E-state index >= 15 is 0 Å². The van der Waals surface area contributed by atoms with E-state index in [1.807, 2.05) is 19.3 Å². The number of nitrogens with two attached hydrogens (primary N) is 1. The summed E-state index contributed by atoms with van der Waals surface area (Å²) in [5.74, 6) is 1.84. The number of anilines is 1. The average molecular weight is 569 g/mol. The molecular weight excluding hydrogens is 527 g/mol. The summed E-state index contributed by atoms with van der Waals surface area (Å²) in [6.45, 7) is 4.56. The van der Waals surface area contributed by atoms with Crippen molar-refractivity contribution in [3.63, 3.8) is 0 Å². The van der Waals surface area contributed by atoms with Crippen LogP contribution in [-0.2, 0) is 11.3 Å². The van der Waals surface area contributed by atoms with E-state index in [0.29, 0.717) is 12.0 Å². The molecule has 0 unspecified atom stereocenters. The van der Waals surface area contributed by atoms with Crippen LogP contribution in [0.1, 0.15) is 69.8 Å². The minimum atomic E-state index is -0.177. The molecule has 184 valence electrons. The predicted molar refractivity (Wildman–Crippen MR) is 145 cm³/mol. The molecule has 4 rings (SSSR count). The second-order valence-electron chi connectivity index (χ2n) is 9.99. The second-order valence-corrected chi connectivity index (χ2v) is 9.99. The van der Waals surface area contributed by atoms with Crippen LogP contribution in [0.4, 0.5) is 5.82 Å². The van der Waals surface area contributed by atoms with Crippen LogP contribution in [0.15, 0.2) is 23.3 Å². The summed E-state index contributed by atoms with van der Waals surface area (Å²) < 4.78 is 0. The zero-order valence-corrected chi connectivity index (χ0v) is 22.4. The number of hydrogen-bond donors (Lipinski definition) is 2. The first-order chi connectivity index (χ1) is 15.6. The van der Waals surface area contributed by atoms with Gasteiger partial charge in [0.15, 0.2) is 5.96 Å². The number of pyridine rings is 1. The Bertz CT molecular complexity index is 800. The monoisotopic (exact) mass is 568 g/mol. The molecule has 0 radical (unpaired) electrons. The minimum absolute atomic E-state index is 0. The molecule has 3 aliphatic rings. The molecule has 2 saturated heterocycles. The van der Waals surface area contributed by atoms with E-state index in [1.165, 1.54) is 56.9 Å². The normalized spacial score (nSPS) is 21.9. The SMILES string of the molecule is CN=C(NCc1cccnc1N1CCC(C(N)=O)CC1)N1CCCC2(CCCCCC2)C1.I. The molecule has 1 saturated carbocycles. The number of halogens is 1. The van der Waals surface area contributed by atoms with E-state index in [0.717, 1.165) is 50.8 Å². The van der Waals surface area contributed by atoms with Gasteiger partial charge in [-0.3, -0.25) is 9.79 Å². The summed E-state index contributed by atoms with van der Waals surface area (Å²) in [6.07, 6.45) is 14.4. The van der Waals surface area contributed by atoms with Crippen LogP contribution in [0.25, 0.3) is 0 Å². The Labute approximate surface area is 216 Å². The maximum atomic E-state index is 11.5. The predicted octanol–water partition coefficient (Wildman–Crippen LogP) is 3.91.